The molecule has 0 saturated heterocycles. The summed E-state index contributed by atoms with van der Waals surface area (Å²) in [6.45, 7) is 6.88. The fourth-order valence-corrected chi connectivity index (χ4v) is 8.77. The maximum atomic E-state index is 8.55. The van der Waals surface area contributed by atoms with E-state index < -0.39 is 7.82 Å². The molecule has 0 rings (SSSR count). The number of rotatable bonds is 42. The number of phosphoric acid groups is 1. The minimum absolute atomic E-state index is 1.38. The van der Waals surface area contributed by atoms with E-state index >= 15 is 0 Å². The van der Waals surface area contributed by atoms with Gasteiger partial charge in [-0.2, -0.15) is 7.82 Å². The molecule has 0 aromatic rings. The molecule has 0 aliphatic carbocycles. The van der Waals surface area contributed by atoms with Gasteiger partial charge in [0.1, 0.15) is 0 Å². The smallest absolute Gasteiger partial charge is 0.159 e. The number of hydrogen-bond acceptors (Lipinski definition) is 4. The van der Waals surface area contributed by atoms with Crippen molar-refractivity contribution in [2.45, 2.75) is 298 Å². The second-order valence-electron chi connectivity index (χ2n) is 16.8. The van der Waals surface area contributed by atoms with E-state index in [2.05, 4.69) is 20.8 Å². The molecule has 0 amide bonds. The van der Waals surface area contributed by atoms with Crippen molar-refractivity contribution >= 4 is 115 Å². The van der Waals surface area contributed by atoms with Crippen LogP contribution in [0.4, 0.5) is 0 Å². The van der Waals surface area contributed by atoms with E-state index in [1.54, 1.807) is 0 Å². The average molecular weight is 892 g/mol. The van der Waals surface area contributed by atoms with Crippen molar-refractivity contribution in [1.82, 2.24) is 0 Å². The van der Waals surface area contributed by atoms with Gasteiger partial charge in [0, 0.05) is 0 Å². The third kappa shape index (κ3) is 89.0. The van der Waals surface area contributed by atoms with Crippen LogP contribution in [-0.4, -0.2) is 107 Å². The van der Waals surface area contributed by atoms with Gasteiger partial charge in [0.2, 0.25) is 0 Å². The zero-order chi connectivity index (χ0) is 42.3. The second kappa shape index (κ2) is 65.5. The van der Waals surface area contributed by atoms with Gasteiger partial charge in [0.15, 0.2) is 0 Å². The predicted molar refractivity (Wildman–Crippen MR) is 250 cm³/mol. The van der Waals surface area contributed by atoms with Gasteiger partial charge in [-0.1, -0.05) is 78.6 Å². The Morgan fingerprint density at radius 2 is 0.339 bits per heavy atom. The molecular weight excluding hydrogens is 792 g/mol. The molecule has 0 N–H and O–H groups in total. The standard InChI is InChI=1S/3C16H33.3Ca.H3O4P/c3*1-3-5-7-9-11-13-15-16-14-12-10-8-6-4-2;;;;1-5(2,3)4/h3*1,3-16H2,2H3;;;;(H3,1,2,3,4)/q;;;3*+1;/p-3. The monoisotopic (exact) mass is 891 g/mol. The van der Waals surface area contributed by atoms with Crippen LogP contribution in [0.15, 0.2) is 0 Å². The van der Waals surface area contributed by atoms with E-state index in [1.807, 2.05) is 0 Å². The molecule has 0 fully saturated rings. The van der Waals surface area contributed by atoms with Gasteiger partial charge in [-0.15, -0.1) is 0 Å². The maximum absolute atomic E-state index is 8.55. The van der Waals surface area contributed by atoms with Crippen LogP contribution in [0.3, 0.4) is 0 Å². The van der Waals surface area contributed by atoms with E-state index in [1.165, 1.54) is 385 Å². The van der Waals surface area contributed by atoms with Gasteiger partial charge < -0.3 is 19.2 Å². The van der Waals surface area contributed by atoms with Crippen LogP contribution in [0.1, 0.15) is 290 Å². The minimum atomic E-state index is -5.39. The summed E-state index contributed by atoms with van der Waals surface area (Å²) in [7, 11) is -5.39. The fourth-order valence-electron chi connectivity index (χ4n) is 7.11. The molecule has 0 spiro atoms. The Bertz CT molecular complexity index is 547. The van der Waals surface area contributed by atoms with Crippen molar-refractivity contribution in [3.05, 3.63) is 0 Å². The molecule has 326 valence electrons. The summed E-state index contributed by atoms with van der Waals surface area (Å²) < 4.78 is 13.0. The fraction of sp³-hybridized carbons (Fsp3) is 1.00. The first-order chi connectivity index (χ1) is 27.2. The SMILES string of the molecule is CCCCCCCCCCCCCCC[CH2][Ca+].CCCCCCCCCCCCCCC[CH2][Ca+].CCCCCCCCCCCCCCC[CH2][Ca+].O=P([O-])([O-])[O-]. The minimum Gasteiger partial charge on any atom is -0.822 e. The van der Waals surface area contributed by atoms with Crippen LogP contribution >= 0.6 is 7.82 Å². The first-order valence-corrected chi connectivity index (χ1v) is 31.5. The van der Waals surface area contributed by atoms with E-state index in [4.69, 9.17) is 19.2 Å². The van der Waals surface area contributed by atoms with Crippen molar-refractivity contribution in [2.75, 3.05) is 0 Å². The van der Waals surface area contributed by atoms with Crippen LogP contribution < -0.4 is 14.7 Å². The summed E-state index contributed by atoms with van der Waals surface area (Å²) in [6, 6.07) is 0. The van der Waals surface area contributed by atoms with Gasteiger partial charge in [-0.3, -0.25) is 0 Å². The Morgan fingerprint density at radius 3 is 0.429 bits per heavy atom. The summed E-state index contributed by atoms with van der Waals surface area (Å²) in [5.74, 6) is 0. The van der Waals surface area contributed by atoms with Gasteiger partial charge >= 0.3 is 327 Å². The van der Waals surface area contributed by atoms with E-state index in [0.717, 1.165) is 0 Å². The van der Waals surface area contributed by atoms with E-state index in [9.17, 15) is 0 Å². The van der Waals surface area contributed by atoms with Crippen molar-refractivity contribution < 1.29 is 19.2 Å². The number of unbranched alkanes of at least 4 members (excludes halogenated alkanes) is 39. The van der Waals surface area contributed by atoms with Gasteiger partial charge in [0.25, 0.3) is 0 Å². The molecule has 0 saturated carbocycles. The molecule has 0 heterocycles. The molecule has 56 heavy (non-hydrogen) atoms. The Balaban J connectivity index is -0.000000340. The molecule has 0 radical (unpaired) electrons. The largest absolute Gasteiger partial charge is 0.822 e. The van der Waals surface area contributed by atoms with Crippen LogP contribution in [0, 0.1) is 0 Å². The van der Waals surface area contributed by atoms with Gasteiger partial charge in [-0.25, -0.2) is 0 Å². The van der Waals surface area contributed by atoms with E-state index in [-0.39, 0.29) is 0 Å². The normalized spacial score (nSPS) is 11.1. The van der Waals surface area contributed by atoms with Crippen molar-refractivity contribution in [3.8, 4) is 0 Å². The summed E-state index contributed by atoms with van der Waals surface area (Å²) in [6.07, 6.45) is 62.1. The van der Waals surface area contributed by atoms with Crippen molar-refractivity contribution in [3.63, 3.8) is 0 Å². The second-order valence-corrected chi connectivity index (χ2v) is 21.0. The third-order valence-corrected chi connectivity index (χ3v) is 13.2. The molecule has 4 nitrogen and oxygen atoms in total. The van der Waals surface area contributed by atoms with Gasteiger partial charge in [-0.05, 0) is 0 Å². The van der Waals surface area contributed by atoms with Crippen molar-refractivity contribution in [1.29, 1.82) is 0 Å². The zero-order valence-corrected chi connectivity index (χ0v) is 46.5. The topological polar surface area (TPSA) is 86.2 Å². The molecule has 8 heteroatoms. The zero-order valence-electron chi connectivity index (χ0n) is 39.0. The predicted octanol–water partition coefficient (Wildman–Crippen LogP) is 15.3. The van der Waals surface area contributed by atoms with E-state index in [0.29, 0.717) is 0 Å². The molecule has 0 aliphatic heterocycles. The summed E-state index contributed by atoms with van der Waals surface area (Å²) >= 11 is 4.49. The summed E-state index contributed by atoms with van der Waals surface area (Å²) in [4.78, 5) is 25.6. The molecule has 0 unspecified atom stereocenters. The summed E-state index contributed by atoms with van der Waals surface area (Å²) in [5.41, 5.74) is 0. The molecule has 0 aromatic heterocycles. The van der Waals surface area contributed by atoms with Gasteiger partial charge in [0.05, 0.1) is 0 Å². The van der Waals surface area contributed by atoms with Crippen molar-refractivity contribution in [2.24, 2.45) is 0 Å². The molecule has 0 aromatic carbocycles. The Labute approximate surface area is 426 Å². The third-order valence-electron chi connectivity index (χ3n) is 10.8. The maximum Gasteiger partial charge on any atom is -0.159 e. The van der Waals surface area contributed by atoms with Crippen LogP contribution in [0.25, 0.3) is 0 Å². The first-order valence-electron chi connectivity index (χ1n) is 25.4. The molecule has 0 aliphatic rings. The molecular formula is C48H99Ca3O4P. The van der Waals surface area contributed by atoms with Crippen LogP contribution in [0.5, 0.6) is 0 Å². The quantitative estimate of drug-likeness (QED) is 0.0347. The van der Waals surface area contributed by atoms with Crippen LogP contribution in [-0.2, 0) is 4.57 Å². The Kier molecular flexibility index (Phi) is 77.8. The Hall–Kier alpha value is 3.89. The first kappa shape index (κ1) is 66.5. The molecule has 0 bridgehead atoms. The molecule has 0 atom stereocenters. The average Bonchev–Trinajstić information content (AvgIpc) is 3.17. The number of hydrogen-bond donors (Lipinski definition) is 0. The summed E-state index contributed by atoms with van der Waals surface area (Å²) in [5, 5.41) is 0. The van der Waals surface area contributed by atoms with Crippen LogP contribution in [0.2, 0.25) is 7.55 Å². The Morgan fingerprint density at radius 1 is 0.250 bits per heavy atom.